The van der Waals surface area contributed by atoms with Gasteiger partial charge in [-0.05, 0) is 43.5 Å². The van der Waals surface area contributed by atoms with E-state index in [1.54, 1.807) is 24.7 Å². The SMILES string of the molecule is O=C(O)C(F)(F)F.O=C(O)C(F)(F)F.O=C(c1ccccn1)N1CCO[C@]2(CCC[C@H]2COc2cccnc2)C1. The van der Waals surface area contributed by atoms with Gasteiger partial charge in [-0.25, -0.2) is 9.59 Å². The monoisotopic (exact) mass is 581 g/mol. The summed E-state index contributed by atoms with van der Waals surface area (Å²) in [4.78, 5) is 40.8. The van der Waals surface area contributed by atoms with Crippen LogP contribution in [-0.2, 0) is 14.3 Å². The fourth-order valence-electron chi connectivity index (χ4n) is 4.01. The van der Waals surface area contributed by atoms with Crippen molar-refractivity contribution >= 4 is 17.8 Å². The van der Waals surface area contributed by atoms with E-state index in [2.05, 4.69) is 9.97 Å². The number of hydrogen-bond acceptors (Lipinski definition) is 7. The average molecular weight is 581 g/mol. The van der Waals surface area contributed by atoms with Crippen LogP contribution in [0.2, 0.25) is 0 Å². The molecule has 2 aromatic heterocycles. The van der Waals surface area contributed by atoms with Crippen LogP contribution in [0.1, 0.15) is 29.8 Å². The number of aromatic nitrogens is 2. The number of rotatable bonds is 4. The van der Waals surface area contributed by atoms with Gasteiger partial charge in [-0.3, -0.25) is 14.8 Å². The summed E-state index contributed by atoms with van der Waals surface area (Å²) >= 11 is 0. The van der Waals surface area contributed by atoms with Gasteiger partial charge in [-0.15, -0.1) is 0 Å². The molecule has 4 rings (SSSR count). The van der Waals surface area contributed by atoms with E-state index in [0.29, 0.717) is 32.0 Å². The zero-order valence-corrected chi connectivity index (χ0v) is 20.7. The minimum atomic E-state index is -5.08. The van der Waals surface area contributed by atoms with Crippen LogP contribution < -0.4 is 4.74 Å². The second-order valence-electron chi connectivity index (χ2n) is 8.55. The van der Waals surface area contributed by atoms with E-state index in [0.717, 1.165) is 25.0 Å². The number of hydrogen-bond donors (Lipinski definition) is 2. The summed E-state index contributed by atoms with van der Waals surface area (Å²) in [5, 5.41) is 14.2. The summed E-state index contributed by atoms with van der Waals surface area (Å²) in [5.41, 5.74) is 0.177. The standard InChI is InChI=1S/C20H23N3O3.2C2HF3O2/c24-19(18-7-1-2-10-22-18)23-11-12-26-20(15-23)8-3-5-16(20)14-25-17-6-4-9-21-13-17;2*3-2(4,5)1(6)7/h1-2,4,6-7,9-10,13,16H,3,5,8,11-12,14-15H2;2*(H,6,7)/t16-,20+;;/m0../s1. The minimum Gasteiger partial charge on any atom is -0.492 e. The van der Waals surface area contributed by atoms with E-state index in [-0.39, 0.29) is 17.4 Å². The average Bonchev–Trinajstić information content (AvgIpc) is 3.28. The first-order valence-electron chi connectivity index (χ1n) is 11.6. The number of carboxylic acids is 2. The van der Waals surface area contributed by atoms with Crippen LogP contribution in [0, 0.1) is 5.92 Å². The molecule has 1 saturated heterocycles. The smallest absolute Gasteiger partial charge is 0.490 e. The zero-order chi connectivity index (χ0) is 30.0. The summed E-state index contributed by atoms with van der Waals surface area (Å²) in [5.74, 6) is -4.50. The van der Waals surface area contributed by atoms with Crippen molar-refractivity contribution in [3.8, 4) is 5.75 Å². The molecule has 1 amide bonds. The first-order valence-corrected chi connectivity index (χ1v) is 11.6. The van der Waals surface area contributed by atoms with E-state index in [4.69, 9.17) is 29.3 Å². The van der Waals surface area contributed by atoms with Crippen LogP contribution in [0.3, 0.4) is 0 Å². The fourth-order valence-corrected chi connectivity index (χ4v) is 4.01. The molecule has 2 aliphatic rings. The Morgan fingerprint density at radius 1 is 1.02 bits per heavy atom. The molecular weight excluding hydrogens is 556 g/mol. The summed E-state index contributed by atoms with van der Waals surface area (Å²) in [7, 11) is 0. The molecule has 2 N–H and O–H groups in total. The number of pyridine rings is 2. The van der Waals surface area contributed by atoms with E-state index in [1.165, 1.54) is 0 Å². The molecule has 220 valence electrons. The van der Waals surface area contributed by atoms with Gasteiger partial charge in [-0.2, -0.15) is 26.3 Å². The molecule has 1 aliphatic carbocycles. The number of carbonyl (C=O) groups excluding carboxylic acids is 1. The van der Waals surface area contributed by atoms with Gasteiger partial charge in [0, 0.05) is 24.9 Å². The highest BCUT2D eigenvalue weighted by Crippen LogP contribution is 2.41. The summed E-state index contributed by atoms with van der Waals surface area (Å²) in [6, 6.07) is 9.20. The molecule has 1 spiro atoms. The molecule has 0 unspecified atom stereocenters. The van der Waals surface area contributed by atoms with E-state index in [9.17, 15) is 31.1 Å². The highest BCUT2D eigenvalue weighted by Gasteiger charge is 2.48. The normalized spacial score (nSPS) is 20.4. The molecule has 2 aromatic rings. The summed E-state index contributed by atoms with van der Waals surface area (Å²) in [6.45, 7) is 2.34. The number of amides is 1. The van der Waals surface area contributed by atoms with E-state index < -0.39 is 24.3 Å². The summed E-state index contributed by atoms with van der Waals surface area (Å²) < 4.78 is 75.6. The summed E-state index contributed by atoms with van der Waals surface area (Å²) in [6.07, 6.45) is -1.96. The number of morpholine rings is 1. The predicted octanol–water partition coefficient (Wildman–Crippen LogP) is 3.83. The third-order valence-electron chi connectivity index (χ3n) is 5.85. The minimum absolute atomic E-state index is 0.0212. The first-order chi connectivity index (χ1) is 18.7. The molecule has 2 atom stereocenters. The molecule has 40 heavy (non-hydrogen) atoms. The van der Waals surface area contributed by atoms with Gasteiger partial charge in [0.15, 0.2) is 0 Å². The second-order valence-corrected chi connectivity index (χ2v) is 8.55. The molecule has 0 bridgehead atoms. The number of carbonyl (C=O) groups is 3. The number of ether oxygens (including phenoxy) is 2. The van der Waals surface area contributed by atoms with Crippen molar-refractivity contribution in [2.45, 2.75) is 37.2 Å². The fraction of sp³-hybridized carbons (Fsp3) is 0.458. The molecule has 10 nitrogen and oxygen atoms in total. The van der Waals surface area contributed by atoms with Crippen molar-refractivity contribution in [1.29, 1.82) is 0 Å². The Morgan fingerprint density at radius 2 is 1.68 bits per heavy atom. The van der Waals surface area contributed by atoms with Crippen LogP contribution in [-0.4, -0.2) is 87.2 Å². The zero-order valence-electron chi connectivity index (χ0n) is 20.7. The molecule has 2 fully saturated rings. The Kier molecular flexibility index (Phi) is 11.2. The molecule has 0 radical (unpaired) electrons. The number of nitrogens with zero attached hydrogens (tertiary/aromatic N) is 3. The quantitative estimate of drug-likeness (QED) is 0.516. The lowest BCUT2D eigenvalue weighted by molar-refractivity contribution is -0.193. The van der Waals surface area contributed by atoms with Crippen molar-refractivity contribution in [1.82, 2.24) is 14.9 Å². The Morgan fingerprint density at radius 3 is 2.20 bits per heavy atom. The van der Waals surface area contributed by atoms with Crippen LogP contribution in [0.25, 0.3) is 0 Å². The van der Waals surface area contributed by atoms with Gasteiger partial charge in [-0.1, -0.05) is 6.07 Å². The Bertz CT molecular complexity index is 1100. The lowest BCUT2D eigenvalue weighted by Crippen LogP contribution is -2.56. The Labute approximate surface area is 223 Å². The number of aliphatic carboxylic acids is 2. The third kappa shape index (κ3) is 9.66. The lowest BCUT2D eigenvalue weighted by Gasteiger charge is -2.43. The third-order valence-corrected chi connectivity index (χ3v) is 5.85. The van der Waals surface area contributed by atoms with Crippen LogP contribution >= 0.6 is 0 Å². The second kappa shape index (κ2) is 13.9. The molecule has 3 heterocycles. The molecule has 1 saturated carbocycles. The highest BCUT2D eigenvalue weighted by atomic mass is 19.4. The van der Waals surface area contributed by atoms with Crippen LogP contribution in [0.5, 0.6) is 5.75 Å². The van der Waals surface area contributed by atoms with Crippen LogP contribution in [0.4, 0.5) is 26.3 Å². The maximum atomic E-state index is 12.8. The molecule has 0 aromatic carbocycles. The highest BCUT2D eigenvalue weighted by molar-refractivity contribution is 5.92. The van der Waals surface area contributed by atoms with Gasteiger partial charge >= 0.3 is 24.3 Å². The molecular formula is C24H25F6N3O7. The predicted molar refractivity (Wildman–Crippen MR) is 123 cm³/mol. The van der Waals surface area contributed by atoms with Gasteiger partial charge in [0.1, 0.15) is 11.4 Å². The van der Waals surface area contributed by atoms with Gasteiger partial charge in [0.25, 0.3) is 5.91 Å². The number of carboxylic acid groups (broad SMARTS) is 2. The van der Waals surface area contributed by atoms with Crippen LogP contribution in [0.15, 0.2) is 48.9 Å². The van der Waals surface area contributed by atoms with Gasteiger partial charge in [0.05, 0.1) is 31.6 Å². The molecule has 16 heteroatoms. The van der Waals surface area contributed by atoms with Crippen molar-refractivity contribution in [2.75, 3.05) is 26.3 Å². The maximum absolute atomic E-state index is 12.8. The first kappa shape index (κ1) is 32.3. The number of alkyl halides is 6. The van der Waals surface area contributed by atoms with Gasteiger partial charge < -0.3 is 24.6 Å². The van der Waals surface area contributed by atoms with Crippen molar-refractivity contribution in [3.05, 3.63) is 54.6 Å². The van der Waals surface area contributed by atoms with Crippen molar-refractivity contribution in [2.24, 2.45) is 5.92 Å². The lowest BCUT2D eigenvalue weighted by atomic mass is 9.89. The topological polar surface area (TPSA) is 139 Å². The largest absolute Gasteiger partial charge is 0.492 e. The maximum Gasteiger partial charge on any atom is 0.490 e. The van der Waals surface area contributed by atoms with Crippen molar-refractivity contribution in [3.63, 3.8) is 0 Å². The van der Waals surface area contributed by atoms with Crippen molar-refractivity contribution < 1.29 is 60.4 Å². The Balaban J connectivity index is 0.000000333. The number of halogens is 6. The van der Waals surface area contributed by atoms with E-state index in [1.807, 2.05) is 29.2 Å². The molecule has 1 aliphatic heterocycles. The Hall–Kier alpha value is -3.95. The van der Waals surface area contributed by atoms with E-state index >= 15 is 0 Å². The van der Waals surface area contributed by atoms with Gasteiger partial charge in [0.2, 0.25) is 0 Å².